The van der Waals surface area contributed by atoms with Crippen molar-refractivity contribution < 1.29 is 4.79 Å². The maximum atomic E-state index is 11.8. The van der Waals surface area contributed by atoms with Gasteiger partial charge in [0.2, 0.25) is 0 Å². The minimum Gasteiger partial charge on any atom is -0.336 e. The first-order valence-corrected chi connectivity index (χ1v) is 7.18. The van der Waals surface area contributed by atoms with Crippen LogP contribution in [-0.2, 0) is 6.54 Å². The number of aryl methyl sites for hydroxylation is 1. The molecule has 6 nitrogen and oxygen atoms in total. The second-order valence-electron chi connectivity index (χ2n) is 4.86. The van der Waals surface area contributed by atoms with Crippen LogP contribution in [0.3, 0.4) is 0 Å². The van der Waals surface area contributed by atoms with Gasteiger partial charge in [-0.25, -0.2) is 9.78 Å². The number of amides is 2. The van der Waals surface area contributed by atoms with Gasteiger partial charge in [0.15, 0.2) is 0 Å². The summed E-state index contributed by atoms with van der Waals surface area (Å²) in [4.78, 5) is 27.6. The fourth-order valence-electron chi connectivity index (χ4n) is 1.88. The third-order valence-electron chi connectivity index (χ3n) is 3.17. The molecule has 0 radical (unpaired) electrons. The second kappa shape index (κ2) is 7.09. The largest absolute Gasteiger partial charge is 0.336 e. The molecule has 2 rings (SSSR count). The predicted octanol–water partition coefficient (Wildman–Crippen LogP) is 2.34. The lowest BCUT2D eigenvalue weighted by molar-refractivity contribution is 0.251. The maximum Gasteiger partial charge on any atom is 0.319 e. The highest BCUT2D eigenvalue weighted by Gasteiger charge is 2.06. The van der Waals surface area contributed by atoms with Gasteiger partial charge in [-0.3, -0.25) is 9.36 Å². The molecule has 0 aliphatic rings. The van der Waals surface area contributed by atoms with E-state index < -0.39 is 0 Å². The lowest BCUT2D eigenvalue weighted by Crippen LogP contribution is -2.33. The Morgan fingerprint density at radius 1 is 1.36 bits per heavy atom. The van der Waals surface area contributed by atoms with Crippen LogP contribution in [0.5, 0.6) is 0 Å². The Morgan fingerprint density at radius 2 is 2.14 bits per heavy atom. The van der Waals surface area contributed by atoms with Crippen LogP contribution in [0.1, 0.15) is 11.3 Å². The van der Waals surface area contributed by atoms with Crippen molar-refractivity contribution in [1.29, 1.82) is 0 Å². The zero-order valence-electron chi connectivity index (χ0n) is 12.4. The highest BCUT2D eigenvalue weighted by Crippen LogP contribution is 2.22. The number of nitrogens with zero attached hydrogens (tertiary/aromatic N) is 2. The Bertz CT molecular complexity index is 743. The number of hydrogen-bond donors (Lipinski definition) is 2. The first-order chi connectivity index (χ1) is 10.5. The van der Waals surface area contributed by atoms with E-state index in [4.69, 9.17) is 11.6 Å². The Kier molecular flexibility index (Phi) is 5.16. The second-order valence-corrected chi connectivity index (χ2v) is 5.26. The summed E-state index contributed by atoms with van der Waals surface area (Å²) in [5.41, 5.74) is 1.99. The van der Waals surface area contributed by atoms with E-state index in [0.29, 0.717) is 29.5 Å². The van der Waals surface area contributed by atoms with Crippen molar-refractivity contribution in [2.75, 3.05) is 11.9 Å². The molecule has 0 unspecified atom stereocenters. The number of nitrogens with one attached hydrogen (secondary N) is 2. The summed E-state index contributed by atoms with van der Waals surface area (Å²) in [6, 6.07) is 6.41. The van der Waals surface area contributed by atoms with Crippen LogP contribution >= 0.6 is 11.6 Å². The standard InChI is InChI=1S/C15H17ClN4O2/c1-10-8-14(21)20(9-18-10)7-6-17-15(22)19-13-5-3-4-12(16)11(13)2/h3-5,8-9H,6-7H2,1-2H3,(H2,17,19,22). The quantitative estimate of drug-likeness (QED) is 0.907. The number of halogens is 1. The van der Waals surface area contributed by atoms with Crippen molar-refractivity contribution in [3.05, 3.63) is 57.2 Å². The fraction of sp³-hybridized carbons (Fsp3) is 0.267. The van der Waals surface area contributed by atoms with Gasteiger partial charge in [-0.15, -0.1) is 0 Å². The number of rotatable bonds is 4. The molecule has 0 saturated heterocycles. The van der Waals surface area contributed by atoms with Crippen LogP contribution in [0.2, 0.25) is 5.02 Å². The summed E-state index contributed by atoms with van der Waals surface area (Å²) in [6.45, 7) is 4.25. The van der Waals surface area contributed by atoms with E-state index in [0.717, 1.165) is 5.56 Å². The van der Waals surface area contributed by atoms with Gasteiger partial charge in [0.1, 0.15) is 0 Å². The minimum absolute atomic E-state index is 0.139. The molecule has 0 atom stereocenters. The third kappa shape index (κ3) is 4.08. The Labute approximate surface area is 133 Å². The Morgan fingerprint density at radius 3 is 2.86 bits per heavy atom. The van der Waals surface area contributed by atoms with Gasteiger partial charge >= 0.3 is 6.03 Å². The summed E-state index contributed by atoms with van der Waals surface area (Å²) < 4.78 is 1.44. The van der Waals surface area contributed by atoms with E-state index in [1.807, 2.05) is 6.92 Å². The Hall–Kier alpha value is -2.34. The zero-order chi connectivity index (χ0) is 16.1. The monoisotopic (exact) mass is 320 g/mol. The molecule has 0 aliphatic carbocycles. The van der Waals surface area contributed by atoms with E-state index >= 15 is 0 Å². The normalized spacial score (nSPS) is 10.3. The number of anilines is 1. The summed E-state index contributed by atoms with van der Waals surface area (Å²) in [5.74, 6) is 0. The molecule has 0 bridgehead atoms. The van der Waals surface area contributed by atoms with Crippen LogP contribution in [0, 0.1) is 13.8 Å². The van der Waals surface area contributed by atoms with Gasteiger partial charge in [0, 0.05) is 35.6 Å². The number of hydrogen-bond acceptors (Lipinski definition) is 3. The highest BCUT2D eigenvalue weighted by atomic mass is 35.5. The first kappa shape index (κ1) is 16.0. The zero-order valence-corrected chi connectivity index (χ0v) is 13.1. The summed E-state index contributed by atoms with van der Waals surface area (Å²) in [5, 5.41) is 6.00. The van der Waals surface area contributed by atoms with Crippen LogP contribution in [0.4, 0.5) is 10.5 Å². The molecule has 2 amide bonds. The molecule has 0 spiro atoms. The highest BCUT2D eigenvalue weighted by molar-refractivity contribution is 6.31. The number of benzene rings is 1. The molecule has 0 saturated carbocycles. The average Bonchev–Trinajstić information content (AvgIpc) is 2.46. The van der Waals surface area contributed by atoms with Crippen molar-refractivity contribution in [1.82, 2.24) is 14.9 Å². The summed E-state index contributed by atoms with van der Waals surface area (Å²) in [7, 11) is 0. The average molecular weight is 321 g/mol. The van der Waals surface area contributed by atoms with Gasteiger partial charge in [0.25, 0.3) is 5.56 Å². The number of carbonyl (C=O) groups is 1. The van der Waals surface area contributed by atoms with Crippen molar-refractivity contribution in [2.24, 2.45) is 0 Å². The topological polar surface area (TPSA) is 76.0 Å². The molecule has 0 fully saturated rings. The van der Waals surface area contributed by atoms with Crippen molar-refractivity contribution >= 4 is 23.3 Å². The van der Waals surface area contributed by atoms with E-state index in [-0.39, 0.29) is 11.6 Å². The molecule has 1 aromatic heterocycles. The predicted molar refractivity (Wildman–Crippen MR) is 86.4 cm³/mol. The van der Waals surface area contributed by atoms with E-state index in [9.17, 15) is 9.59 Å². The van der Waals surface area contributed by atoms with Crippen LogP contribution in [0.25, 0.3) is 0 Å². The number of carbonyl (C=O) groups excluding carboxylic acids is 1. The van der Waals surface area contributed by atoms with Crippen LogP contribution in [0.15, 0.2) is 35.4 Å². The first-order valence-electron chi connectivity index (χ1n) is 6.80. The minimum atomic E-state index is -0.349. The molecule has 116 valence electrons. The van der Waals surface area contributed by atoms with Gasteiger partial charge in [-0.1, -0.05) is 17.7 Å². The van der Waals surface area contributed by atoms with Crippen molar-refractivity contribution in [3.8, 4) is 0 Å². The van der Waals surface area contributed by atoms with Crippen molar-refractivity contribution in [3.63, 3.8) is 0 Å². The molecule has 1 heterocycles. The number of urea groups is 1. The molecule has 7 heteroatoms. The molecule has 2 N–H and O–H groups in total. The Balaban J connectivity index is 1.88. The molecule has 2 aromatic rings. The van der Waals surface area contributed by atoms with Crippen molar-refractivity contribution in [2.45, 2.75) is 20.4 Å². The van der Waals surface area contributed by atoms with E-state index in [2.05, 4.69) is 15.6 Å². The number of aromatic nitrogens is 2. The van der Waals surface area contributed by atoms with Gasteiger partial charge in [-0.05, 0) is 31.5 Å². The molecule has 1 aromatic carbocycles. The van der Waals surface area contributed by atoms with Gasteiger partial charge < -0.3 is 10.6 Å². The SMILES string of the molecule is Cc1cc(=O)n(CCNC(=O)Nc2cccc(Cl)c2C)cn1. The summed E-state index contributed by atoms with van der Waals surface area (Å²) in [6.07, 6.45) is 1.47. The van der Waals surface area contributed by atoms with Crippen LogP contribution in [-0.4, -0.2) is 22.1 Å². The lowest BCUT2D eigenvalue weighted by atomic mass is 10.2. The maximum absolute atomic E-state index is 11.8. The molecule has 22 heavy (non-hydrogen) atoms. The summed E-state index contributed by atoms with van der Waals surface area (Å²) >= 11 is 6.00. The van der Waals surface area contributed by atoms with Gasteiger partial charge in [0.05, 0.1) is 6.33 Å². The molecular weight excluding hydrogens is 304 g/mol. The fourth-order valence-corrected chi connectivity index (χ4v) is 2.06. The molecular formula is C15H17ClN4O2. The third-order valence-corrected chi connectivity index (χ3v) is 3.58. The van der Waals surface area contributed by atoms with E-state index in [1.165, 1.54) is 17.0 Å². The lowest BCUT2D eigenvalue weighted by Gasteiger charge is -2.11. The smallest absolute Gasteiger partial charge is 0.319 e. The van der Waals surface area contributed by atoms with Gasteiger partial charge in [-0.2, -0.15) is 0 Å². The molecule has 0 aliphatic heterocycles. The van der Waals surface area contributed by atoms with Crippen LogP contribution < -0.4 is 16.2 Å². The van der Waals surface area contributed by atoms with E-state index in [1.54, 1.807) is 25.1 Å².